The normalized spacial score (nSPS) is 28.7. The minimum atomic E-state index is 0.399. The van der Waals surface area contributed by atoms with Gasteiger partial charge in [0.15, 0.2) is 0 Å². The quantitative estimate of drug-likeness (QED) is 0.725. The molecule has 0 bridgehead atoms. The van der Waals surface area contributed by atoms with Gasteiger partial charge in [0.25, 0.3) is 0 Å². The molecular formula is C11H25N3. The van der Waals surface area contributed by atoms with E-state index in [4.69, 9.17) is 5.73 Å². The van der Waals surface area contributed by atoms with Gasteiger partial charge in [0, 0.05) is 25.2 Å². The Labute approximate surface area is 88.2 Å². The third-order valence-electron chi connectivity index (χ3n) is 3.25. The predicted molar refractivity (Wildman–Crippen MR) is 61.4 cm³/mol. The Morgan fingerprint density at radius 3 is 2.29 bits per heavy atom. The second kappa shape index (κ2) is 5.69. The average molecular weight is 199 g/mol. The van der Waals surface area contributed by atoms with Gasteiger partial charge in [-0.1, -0.05) is 12.8 Å². The molecule has 1 fully saturated rings. The van der Waals surface area contributed by atoms with Gasteiger partial charge in [-0.3, -0.25) is 0 Å². The van der Waals surface area contributed by atoms with Crippen molar-refractivity contribution in [2.45, 2.75) is 37.8 Å². The van der Waals surface area contributed by atoms with Crippen LogP contribution >= 0.6 is 0 Å². The molecule has 0 amide bonds. The average Bonchev–Trinajstić information content (AvgIpc) is 2.15. The molecule has 0 aromatic rings. The summed E-state index contributed by atoms with van der Waals surface area (Å²) >= 11 is 0. The van der Waals surface area contributed by atoms with Crippen LogP contribution in [0.3, 0.4) is 0 Å². The molecule has 0 heterocycles. The van der Waals surface area contributed by atoms with Gasteiger partial charge in [0.1, 0.15) is 0 Å². The minimum absolute atomic E-state index is 0.399. The molecule has 0 spiro atoms. The topological polar surface area (TPSA) is 32.5 Å². The zero-order chi connectivity index (χ0) is 10.6. The minimum Gasteiger partial charge on any atom is -0.326 e. The number of rotatable bonds is 4. The van der Waals surface area contributed by atoms with E-state index in [1.165, 1.54) is 25.7 Å². The highest BCUT2D eigenvalue weighted by Gasteiger charge is 2.24. The van der Waals surface area contributed by atoms with E-state index in [-0.39, 0.29) is 0 Å². The number of nitrogens with zero attached hydrogens (tertiary/aromatic N) is 2. The Balaban J connectivity index is 2.30. The lowest BCUT2D eigenvalue weighted by Gasteiger charge is -2.36. The largest absolute Gasteiger partial charge is 0.326 e. The third kappa shape index (κ3) is 3.56. The van der Waals surface area contributed by atoms with Crippen LogP contribution in [-0.2, 0) is 0 Å². The van der Waals surface area contributed by atoms with E-state index in [9.17, 15) is 0 Å². The fraction of sp³-hybridized carbons (Fsp3) is 1.00. The first-order valence-corrected chi connectivity index (χ1v) is 5.72. The summed E-state index contributed by atoms with van der Waals surface area (Å²) in [7, 11) is 6.45. The molecule has 14 heavy (non-hydrogen) atoms. The number of nitrogens with two attached hydrogens (primary N) is 1. The lowest BCUT2D eigenvalue weighted by atomic mass is 9.90. The molecule has 0 aliphatic heterocycles. The zero-order valence-corrected chi connectivity index (χ0v) is 9.87. The second-order valence-electron chi connectivity index (χ2n) is 4.80. The summed E-state index contributed by atoms with van der Waals surface area (Å²) in [6, 6.07) is 1.01. The van der Waals surface area contributed by atoms with E-state index in [2.05, 4.69) is 30.9 Å². The highest BCUT2D eigenvalue weighted by atomic mass is 15.2. The maximum atomic E-state index is 6.13. The van der Waals surface area contributed by atoms with Gasteiger partial charge in [-0.2, -0.15) is 0 Å². The maximum absolute atomic E-state index is 6.13. The van der Waals surface area contributed by atoms with Crippen LogP contribution in [0.4, 0.5) is 0 Å². The summed E-state index contributed by atoms with van der Waals surface area (Å²) < 4.78 is 0. The van der Waals surface area contributed by atoms with Crippen LogP contribution in [0.5, 0.6) is 0 Å². The van der Waals surface area contributed by atoms with Gasteiger partial charge in [-0.15, -0.1) is 0 Å². The Kier molecular flexibility index (Phi) is 4.85. The Hall–Kier alpha value is -0.120. The summed E-state index contributed by atoms with van der Waals surface area (Å²) in [4.78, 5) is 4.66. The molecule has 84 valence electrons. The smallest absolute Gasteiger partial charge is 0.0244 e. The number of hydrogen-bond donors (Lipinski definition) is 1. The van der Waals surface area contributed by atoms with Crippen LogP contribution in [-0.4, -0.2) is 56.1 Å². The van der Waals surface area contributed by atoms with Crippen LogP contribution in [0.1, 0.15) is 25.7 Å². The molecular weight excluding hydrogens is 174 g/mol. The molecule has 1 saturated carbocycles. The van der Waals surface area contributed by atoms with Crippen molar-refractivity contribution in [2.24, 2.45) is 5.73 Å². The molecule has 2 unspecified atom stereocenters. The summed E-state index contributed by atoms with van der Waals surface area (Å²) in [6.07, 6.45) is 5.16. The van der Waals surface area contributed by atoms with E-state index >= 15 is 0 Å². The fourth-order valence-electron chi connectivity index (χ4n) is 2.21. The Morgan fingerprint density at radius 2 is 1.71 bits per heavy atom. The van der Waals surface area contributed by atoms with Gasteiger partial charge < -0.3 is 15.5 Å². The van der Waals surface area contributed by atoms with Crippen molar-refractivity contribution >= 4 is 0 Å². The van der Waals surface area contributed by atoms with E-state index in [0.29, 0.717) is 12.1 Å². The lowest BCUT2D eigenvalue weighted by Crippen LogP contribution is -2.49. The molecule has 0 aromatic carbocycles. The van der Waals surface area contributed by atoms with Crippen molar-refractivity contribution in [1.82, 2.24) is 9.80 Å². The van der Waals surface area contributed by atoms with E-state index < -0.39 is 0 Å². The second-order valence-corrected chi connectivity index (χ2v) is 4.80. The van der Waals surface area contributed by atoms with Crippen LogP contribution in [0.15, 0.2) is 0 Å². The monoisotopic (exact) mass is 199 g/mol. The van der Waals surface area contributed by atoms with Gasteiger partial charge in [-0.25, -0.2) is 0 Å². The first kappa shape index (κ1) is 12.0. The molecule has 0 saturated heterocycles. The van der Waals surface area contributed by atoms with E-state index in [1.54, 1.807) is 0 Å². The fourth-order valence-corrected chi connectivity index (χ4v) is 2.21. The van der Waals surface area contributed by atoms with Crippen molar-refractivity contribution < 1.29 is 0 Å². The highest BCUT2D eigenvalue weighted by molar-refractivity contribution is 4.84. The predicted octanol–water partition coefficient (Wildman–Crippen LogP) is 0.750. The van der Waals surface area contributed by atoms with Gasteiger partial charge in [0.05, 0.1) is 0 Å². The van der Waals surface area contributed by atoms with E-state index in [0.717, 1.165) is 13.1 Å². The first-order valence-electron chi connectivity index (χ1n) is 5.72. The zero-order valence-electron chi connectivity index (χ0n) is 9.87. The van der Waals surface area contributed by atoms with Crippen molar-refractivity contribution in [3.63, 3.8) is 0 Å². The number of likely N-dealkylation sites (N-methyl/N-ethyl adjacent to an activating group) is 2. The Morgan fingerprint density at radius 1 is 1.07 bits per heavy atom. The van der Waals surface area contributed by atoms with Crippen molar-refractivity contribution in [3.8, 4) is 0 Å². The lowest BCUT2D eigenvalue weighted by molar-refractivity contribution is 0.157. The maximum Gasteiger partial charge on any atom is 0.0244 e. The molecule has 0 aromatic heterocycles. The van der Waals surface area contributed by atoms with Gasteiger partial charge in [-0.05, 0) is 34.0 Å². The van der Waals surface area contributed by atoms with E-state index in [1.807, 2.05) is 0 Å². The summed E-state index contributed by atoms with van der Waals surface area (Å²) in [5.74, 6) is 0. The molecule has 1 aliphatic carbocycles. The highest BCUT2D eigenvalue weighted by Crippen LogP contribution is 2.20. The van der Waals surface area contributed by atoms with Crippen LogP contribution < -0.4 is 5.73 Å². The van der Waals surface area contributed by atoms with Crippen LogP contribution in [0.25, 0.3) is 0 Å². The van der Waals surface area contributed by atoms with Crippen molar-refractivity contribution in [2.75, 3.05) is 34.2 Å². The summed E-state index contributed by atoms with van der Waals surface area (Å²) in [5.41, 5.74) is 6.13. The van der Waals surface area contributed by atoms with Crippen LogP contribution in [0, 0.1) is 0 Å². The molecule has 3 nitrogen and oxygen atoms in total. The summed E-state index contributed by atoms with van der Waals surface area (Å²) in [6.45, 7) is 2.26. The van der Waals surface area contributed by atoms with Crippen molar-refractivity contribution in [3.05, 3.63) is 0 Å². The molecule has 2 atom stereocenters. The Bertz CT molecular complexity index is 159. The van der Waals surface area contributed by atoms with Crippen LogP contribution in [0.2, 0.25) is 0 Å². The van der Waals surface area contributed by atoms with Crippen molar-refractivity contribution in [1.29, 1.82) is 0 Å². The molecule has 0 radical (unpaired) electrons. The molecule has 3 heteroatoms. The third-order valence-corrected chi connectivity index (χ3v) is 3.25. The molecule has 1 aliphatic rings. The molecule has 2 N–H and O–H groups in total. The molecule has 1 rings (SSSR count). The van der Waals surface area contributed by atoms with Gasteiger partial charge in [0.2, 0.25) is 0 Å². The summed E-state index contributed by atoms with van der Waals surface area (Å²) in [5, 5.41) is 0. The standard InChI is InChI=1S/C11H25N3/c1-13(2)8-9-14(3)11-7-5-4-6-10(11)12/h10-11H,4-9,12H2,1-3H3. The SMILES string of the molecule is CN(C)CCN(C)C1CCCCC1N. The van der Waals surface area contributed by atoms with Gasteiger partial charge >= 0.3 is 0 Å². The first-order chi connectivity index (χ1) is 6.61. The number of hydrogen-bond acceptors (Lipinski definition) is 3.